The van der Waals surface area contributed by atoms with Gasteiger partial charge in [-0.3, -0.25) is 0 Å². The second kappa shape index (κ2) is 4.10. The van der Waals surface area contributed by atoms with Gasteiger partial charge < -0.3 is 0 Å². The largest absolute Gasteiger partial charge is 0.224 e. The fourth-order valence-corrected chi connectivity index (χ4v) is 3.31. The first-order chi connectivity index (χ1) is 6.76. The fraction of sp³-hybridized carbons (Fsp3) is 0.875. The second-order valence-corrected chi connectivity index (χ2v) is 5.14. The van der Waals surface area contributed by atoms with Gasteiger partial charge >= 0.3 is 0 Å². The molecule has 1 fully saturated rings. The molecule has 4 nitrogen and oxygen atoms in total. The van der Waals surface area contributed by atoms with Crippen molar-refractivity contribution in [2.75, 3.05) is 11.5 Å². The molecule has 1 aliphatic rings. The molecule has 0 bridgehead atoms. The van der Waals surface area contributed by atoms with Crippen molar-refractivity contribution in [1.82, 2.24) is 20.2 Å². The highest BCUT2D eigenvalue weighted by Gasteiger charge is 2.35. The van der Waals surface area contributed by atoms with Crippen molar-refractivity contribution in [3.05, 3.63) is 0 Å². The third-order valence-electron chi connectivity index (χ3n) is 2.84. The Morgan fingerprint density at radius 1 is 1.57 bits per heavy atom. The molecule has 0 aliphatic heterocycles. The van der Waals surface area contributed by atoms with Gasteiger partial charge in [0.05, 0.1) is 0 Å². The summed E-state index contributed by atoms with van der Waals surface area (Å²) in [6.45, 7) is 0. The van der Waals surface area contributed by atoms with Crippen LogP contribution in [0.15, 0.2) is 5.16 Å². The summed E-state index contributed by atoms with van der Waals surface area (Å²) < 4.78 is 1.72. The zero-order valence-corrected chi connectivity index (χ0v) is 9.89. The molecular formula is C8H14N4S2. The Morgan fingerprint density at radius 2 is 2.36 bits per heavy atom. The molecule has 1 heterocycles. The van der Waals surface area contributed by atoms with Crippen molar-refractivity contribution in [1.29, 1.82) is 0 Å². The number of aryl methyl sites for hydroxylation is 1. The van der Waals surface area contributed by atoms with Crippen LogP contribution < -0.4 is 0 Å². The lowest BCUT2D eigenvalue weighted by molar-refractivity contribution is 0.205. The van der Waals surface area contributed by atoms with Crippen LogP contribution in [0.1, 0.15) is 19.3 Å². The van der Waals surface area contributed by atoms with E-state index in [2.05, 4.69) is 28.2 Å². The molecule has 0 saturated heterocycles. The maximum Gasteiger partial charge on any atom is 0.209 e. The van der Waals surface area contributed by atoms with Crippen LogP contribution >= 0.6 is 24.4 Å². The Balaban J connectivity index is 1.90. The highest BCUT2D eigenvalue weighted by Crippen LogP contribution is 2.45. The minimum absolute atomic E-state index is 0.444. The van der Waals surface area contributed by atoms with E-state index in [1.54, 1.807) is 16.4 Å². The van der Waals surface area contributed by atoms with Gasteiger partial charge in [-0.05, 0) is 34.4 Å². The summed E-state index contributed by atoms with van der Waals surface area (Å²) in [5, 5.41) is 12.3. The van der Waals surface area contributed by atoms with E-state index in [4.69, 9.17) is 0 Å². The molecule has 1 aromatic heterocycles. The molecule has 0 amide bonds. The zero-order chi connectivity index (χ0) is 10.0. The molecular weight excluding hydrogens is 216 g/mol. The maximum atomic E-state index is 4.42. The smallest absolute Gasteiger partial charge is 0.209 e. The first-order valence-electron chi connectivity index (χ1n) is 4.72. The minimum atomic E-state index is 0.444. The minimum Gasteiger partial charge on any atom is -0.224 e. The summed E-state index contributed by atoms with van der Waals surface area (Å²) in [5.74, 6) is 2.07. The standard InChI is InChI=1S/C8H14N4S2/c1-12-7(9-10-11-12)14-6-8(5-13)3-2-4-8/h13H,2-6H2,1H3. The molecule has 78 valence electrons. The molecule has 0 unspecified atom stereocenters. The summed E-state index contributed by atoms with van der Waals surface area (Å²) >= 11 is 6.16. The molecule has 0 spiro atoms. The number of nitrogens with zero attached hydrogens (tertiary/aromatic N) is 4. The van der Waals surface area contributed by atoms with Crippen LogP contribution in [0, 0.1) is 5.41 Å². The number of thioether (sulfide) groups is 1. The van der Waals surface area contributed by atoms with E-state index in [-0.39, 0.29) is 0 Å². The van der Waals surface area contributed by atoms with Crippen molar-refractivity contribution in [2.24, 2.45) is 12.5 Å². The van der Waals surface area contributed by atoms with Gasteiger partial charge in [0.25, 0.3) is 0 Å². The third-order valence-corrected chi connectivity index (χ3v) is 4.87. The predicted molar refractivity (Wildman–Crippen MR) is 59.7 cm³/mol. The van der Waals surface area contributed by atoms with E-state index in [1.165, 1.54) is 19.3 Å². The molecule has 6 heteroatoms. The van der Waals surface area contributed by atoms with Crippen LogP contribution in [-0.4, -0.2) is 31.7 Å². The van der Waals surface area contributed by atoms with Crippen LogP contribution in [0.25, 0.3) is 0 Å². The van der Waals surface area contributed by atoms with Gasteiger partial charge in [0, 0.05) is 12.8 Å². The number of hydrogen-bond donors (Lipinski definition) is 1. The molecule has 1 aromatic rings. The zero-order valence-electron chi connectivity index (χ0n) is 8.18. The molecule has 1 aliphatic carbocycles. The van der Waals surface area contributed by atoms with Crippen molar-refractivity contribution >= 4 is 24.4 Å². The quantitative estimate of drug-likeness (QED) is 0.627. The Bertz CT molecular complexity index is 303. The molecule has 0 N–H and O–H groups in total. The van der Waals surface area contributed by atoms with Crippen LogP contribution in [0.3, 0.4) is 0 Å². The van der Waals surface area contributed by atoms with E-state index in [9.17, 15) is 0 Å². The van der Waals surface area contributed by atoms with Crippen LogP contribution in [-0.2, 0) is 7.05 Å². The Kier molecular flexibility index (Phi) is 3.02. The summed E-state index contributed by atoms with van der Waals surface area (Å²) in [4.78, 5) is 0. The van der Waals surface area contributed by atoms with Gasteiger partial charge in [0.2, 0.25) is 5.16 Å². The van der Waals surface area contributed by atoms with E-state index in [0.29, 0.717) is 5.41 Å². The molecule has 0 atom stereocenters. The van der Waals surface area contributed by atoms with Crippen LogP contribution in [0.2, 0.25) is 0 Å². The van der Waals surface area contributed by atoms with Gasteiger partial charge in [0.1, 0.15) is 0 Å². The summed E-state index contributed by atoms with van der Waals surface area (Å²) in [7, 11) is 1.87. The topological polar surface area (TPSA) is 43.6 Å². The van der Waals surface area contributed by atoms with Crippen molar-refractivity contribution in [2.45, 2.75) is 24.4 Å². The first kappa shape index (κ1) is 10.3. The lowest BCUT2D eigenvalue weighted by Crippen LogP contribution is -2.33. The number of tetrazole rings is 1. The maximum absolute atomic E-state index is 4.42. The lowest BCUT2D eigenvalue weighted by atomic mass is 9.72. The van der Waals surface area contributed by atoms with E-state index < -0.39 is 0 Å². The van der Waals surface area contributed by atoms with Gasteiger partial charge in [-0.15, -0.1) is 5.10 Å². The Hall–Kier alpha value is -0.230. The molecule has 1 saturated carbocycles. The molecule has 14 heavy (non-hydrogen) atoms. The van der Waals surface area contributed by atoms with Crippen LogP contribution in [0.4, 0.5) is 0 Å². The van der Waals surface area contributed by atoms with Crippen molar-refractivity contribution in [3.63, 3.8) is 0 Å². The number of hydrogen-bond acceptors (Lipinski definition) is 5. The van der Waals surface area contributed by atoms with Crippen LogP contribution in [0.5, 0.6) is 0 Å². The van der Waals surface area contributed by atoms with E-state index >= 15 is 0 Å². The second-order valence-electron chi connectivity index (χ2n) is 3.89. The number of rotatable bonds is 4. The summed E-state index contributed by atoms with van der Waals surface area (Å²) in [6, 6.07) is 0. The van der Waals surface area contributed by atoms with E-state index in [0.717, 1.165) is 16.7 Å². The Morgan fingerprint density at radius 3 is 2.79 bits per heavy atom. The first-order valence-corrected chi connectivity index (χ1v) is 6.34. The third kappa shape index (κ3) is 1.91. The van der Waals surface area contributed by atoms with Gasteiger partial charge in [-0.1, -0.05) is 18.2 Å². The normalized spacial score (nSPS) is 19.3. The van der Waals surface area contributed by atoms with Crippen molar-refractivity contribution in [3.8, 4) is 0 Å². The molecule has 2 rings (SSSR count). The fourth-order valence-electron chi connectivity index (χ4n) is 1.59. The van der Waals surface area contributed by atoms with E-state index in [1.807, 2.05) is 7.05 Å². The molecule has 0 radical (unpaired) electrons. The SMILES string of the molecule is Cn1nnnc1SCC1(CS)CCC1. The molecule has 0 aromatic carbocycles. The highest BCUT2D eigenvalue weighted by molar-refractivity contribution is 7.99. The Labute approximate surface area is 93.2 Å². The predicted octanol–water partition coefficient (Wildman–Crippen LogP) is 1.40. The van der Waals surface area contributed by atoms with Crippen molar-refractivity contribution < 1.29 is 0 Å². The number of thiol groups is 1. The van der Waals surface area contributed by atoms with Gasteiger partial charge in [-0.2, -0.15) is 12.6 Å². The lowest BCUT2D eigenvalue weighted by Gasteiger charge is -2.40. The highest BCUT2D eigenvalue weighted by atomic mass is 32.2. The monoisotopic (exact) mass is 230 g/mol. The summed E-state index contributed by atoms with van der Waals surface area (Å²) in [5.41, 5.74) is 0.444. The average Bonchev–Trinajstić information content (AvgIpc) is 2.51. The number of aromatic nitrogens is 4. The van der Waals surface area contributed by atoms with Gasteiger partial charge in [-0.25, -0.2) is 4.68 Å². The average molecular weight is 230 g/mol. The van der Waals surface area contributed by atoms with Gasteiger partial charge in [0.15, 0.2) is 0 Å². The summed E-state index contributed by atoms with van der Waals surface area (Å²) in [6.07, 6.45) is 3.95.